The molecule has 72 valence electrons. The molecule has 1 aromatic heterocycles. The predicted molar refractivity (Wildman–Crippen MR) is 47.3 cm³/mol. The van der Waals surface area contributed by atoms with Gasteiger partial charge in [0.15, 0.2) is 5.75 Å². The van der Waals surface area contributed by atoms with Gasteiger partial charge >= 0.3 is 0 Å². The minimum Gasteiger partial charge on any atom is -0.488 e. The molecule has 0 amide bonds. The molecule has 0 unspecified atom stereocenters. The summed E-state index contributed by atoms with van der Waals surface area (Å²) in [6.45, 7) is 1.38. The molecule has 1 aromatic rings. The van der Waals surface area contributed by atoms with E-state index in [4.69, 9.17) is 15.2 Å². The lowest BCUT2D eigenvalue weighted by Gasteiger charge is -2.07. The first-order valence-corrected chi connectivity index (χ1v) is 3.99. The van der Waals surface area contributed by atoms with Crippen molar-refractivity contribution >= 4 is 0 Å². The molecule has 0 atom stereocenters. The normalized spacial score (nSPS) is 10.0. The van der Waals surface area contributed by atoms with Gasteiger partial charge in [0.05, 0.1) is 18.5 Å². The average Bonchev–Trinajstić information content (AvgIpc) is 2.19. The Balaban J connectivity index is 2.54. The van der Waals surface area contributed by atoms with Crippen LogP contribution in [0, 0.1) is 0 Å². The van der Waals surface area contributed by atoms with Crippen LogP contribution in [0.4, 0.5) is 0 Å². The summed E-state index contributed by atoms with van der Waals surface area (Å²) in [6.07, 6.45) is 3.05. The molecule has 5 nitrogen and oxygen atoms in total. The Kier molecular flexibility index (Phi) is 4.14. The molecule has 0 aromatic carbocycles. The molecular weight excluding hydrogens is 170 g/mol. The van der Waals surface area contributed by atoms with E-state index in [0.717, 1.165) is 0 Å². The van der Waals surface area contributed by atoms with Crippen LogP contribution < -0.4 is 10.5 Å². The zero-order valence-corrected chi connectivity index (χ0v) is 7.56. The maximum atomic E-state index is 5.45. The van der Waals surface area contributed by atoms with Crippen molar-refractivity contribution in [3.63, 3.8) is 0 Å². The molecule has 0 aliphatic heterocycles. The number of nitrogens with two attached hydrogens (primary N) is 1. The summed E-state index contributed by atoms with van der Waals surface area (Å²) in [5.74, 6) is 0.627. The summed E-state index contributed by atoms with van der Waals surface area (Å²) < 4.78 is 10.2. The fourth-order valence-corrected chi connectivity index (χ4v) is 0.851. The van der Waals surface area contributed by atoms with Crippen LogP contribution in [0.3, 0.4) is 0 Å². The van der Waals surface area contributed by atoms with E-state index in [1.165, 1.54) is 6.33 Å². The number of aromatic nitrogens is 2. The van der Waals surface area contributed by atoms with Crippen molar-refractivity contribution in [2.24, 2.45) is 5.73 Å². The molecule has 5 heteroatoms. The van der Waals surface area contributed by atoms with E-state index in [9.17, 15) is 0 Å². The Labute approximate surface area is 76.9 Å². The average molecular weight is 183 g/mol. The lowest BCUT2D eigenvalue weighted by atomic mass is 10.4. The maximum absolute atomic E-state index is 5.45. The molecule has 0 radical (unpaired) electrons. The van der Waals surface area contributed by atoms with Gasteiger partial charge in [-0.1, -0.05) is 0 Å². The van der Waals surface area contributed by atoms with Crippen molar-refractivity contribution in [1.29, 1.82) is 0 Å². The van der Waals surface area contributed by atoms with Crippen LogP contribution in [0.1, 0.15) is 5.69 Å². The van der Waals surface area contributed by atoms with Gasteiger partial charge in [0.25, 0.3) is 0 Å². The zero-order valence-electron chi connectivity index (χ0n) is 7.56. The summed E-state index contributed by atoms with van der Waals surface area (Å²) in [4.78, 5) is 7.81. The number of nitrogens with zero attached hydrogens (tertiary/aromatic N) is 2. The minimum atomic E-state index is 0.352. The molecule has 0 bridgehead atoms. The van der Waals surface area contributed by atoms with Crippen LogP contribution in [-0.2, 0) is 11.3 Å². The molecule has 13 heavy (non-hydrogen) atoms. The fraction of sp³-hybridized carbons (Fsp3) is 0.500. The van der Waals surface area contributed by atoms with Crippen LogP contribution in [0.2, 0.25) is 0 Å². The third kappa shape index (κ3) is 2.96. The van der Waals surface area contributed by atoms with Gasteiger partial charge in [0.2, 0.25) is 0 Å². The summed E-state index contributed by atoms with van der Waals surface area (Å²) >= 11 is 0. The van der Waals surface area contributed by atoms with E-state index in [1.807, 2.05) is 0 Å². The van der Waals surface area contributed by atoms with E-state index >= 15 is 0 Å². The van der Waals surface area contributed by atoms with Crippen molar-refractivity contribution in [2.75, 3.05) is 20.3 Å². The Morgan fingerprint density at radius 1 is 1.46 bits per heavy atom. The second-order valence-electron chi connectivity index (χ2n) is 2.38. The standard InChI is InChI=1S/C8H13N3O2/c1-12-2-3-13-8-5-10-6-11-7(8)4-9/h5-6H,2-4,9H2,1H3. The smallest absolute Gasteiger partial charge is 0.160 e. The first-order chi connectivity index (χ1) is 6.38. The van der Waals surface area contributed by atoms with Crippen molar-refractivity contribution in [1.82, 2.24) is 9.97 Å². The highest BCUT2D eigenvalue weighted by Gasteiger charge is 2.01. The van der Waals surface area contributed by atoms with Gasteiger partial charge in [-0.15, -0.1) is 0 Å². The molecule has 2 N–H and O–H groups in total. The predicted octanol–water partition coefficient (Wildman–Crippen LogP) is -0.0395. The van der Waals surface area contributed by atoms with Crippen molar-refractivity contribution in [2.45, 2.75) is 6.54 Å². The van der Waals surface area contributed by atoms with Crippen LogP contribution in [0.5, 0.6) is 5.75 Å². The van der Waals surface area contributed by atoms with E-state index in [1.54, 1.807) is 13.3 Å². The van der Waals surface area contributed by atoms with Crippen molar-refractivity contribution in [3.05, 3.63) is 18.2 Å². The molecule has 1 heterocycles. The summed E-state index contributed by atoms with van der Waals surface area (Å²) in [7, 11) is 1.62. The van der Waals surface area contributed by atoms with E-state index in [-0.39, 0.29) is 0 Å². The molecule has 0 aliphatic rings. The van der Waals surface area contributed by atoms with Crippen LogP contribution in [0.15, 0.2) is 12.5 Å². The van der Waals surface area contributed by atoms with E-state index in [0.29, 0.717) is 31.2 Å². The largest absolute Gasteiger partial charge is 0.488 e. The molecule has 0 saturated heterocycles. The highest BCUT2D eigenvalue weighted by Crippen LogP contribution is 2.12. The molecular formula is C8H13N3O2. The fourth-order valence-electron chi connectivity index (χ4n) is 0.851. The highest BCUT2D eigenvalue weighted by molar-refractivity contribution is 5.22. The quantitative estimate of drug-likeness (QED) is 0.648. The highest BCUT2D eigenvalue weighted by atomic mass is 16.5. The first-order valence-electron chi connectivity index (χ1n) is 3.99. The van der Waals surface area contributed by atoms with Gasteiger partial charge in [-0.3, -0.25) is 0 Å². The topological polar surface area (TPSA) is 70.3 Å². The molecule has 0 spiro atoms. The second-order valence-corrected chi connectivity index (χ2v) is 2.38. The number of rotatable bonds is 5. The monoisotopic (exact) mass is 183 g/mol. The van der Waals surface area contributed by atoms with E-state index in [2.05, 4.69) is 9.97 Å². The number of hydrogen-bond acceptors (Lipinski definition) is 5. The lowest BCUT2D eigenvalue weighted by Crippen LogP contribution is -2.09. The first kappa shape index (κ1) is 9.88. The Hall–Kier alpha value is -1.20. The molecule has 1 rings (SSSR count). The Bertz CT molecular complexity index is 255. The van der Waals surface area contributed by atoms with Gasteiger partial charge in [-0.25, -0.2) is 9.97 Å². The summed E-state index contributed by atoms with van der Waals surface area (Å²) in [5.41, 5.74) is 6.17. The summed E-state index contributed by atoms with van der Waals surface area (Å²) in [5, 5.41) is 0. The Morgan fingerprint density at radius 2 is 2.31 bits per heavy atom. The zero-order chi connectivity index (χ0) is 9.52. The van der Waals surface area contributed by atoms with Crippen LogP contribution in [0.25, 0.3) is 0 Å². The third-order valence-corrected chi connectivity index (χ3v) is 1.49. The minimum absolute atomic E-state index is 0.352. The van der Waals surface area contributed by atoms with Crippen LogP contribution >= 0.6 is 0 Å². The van der Waals surface area contributed by atoms with Gasteiger partial charge in [0, 0.05) is 13.7 Å². The SMILES string of the molecule is COCCOc1cncnc1CN. The van der Waals surface area contributed by atoms with Crippen LogP contribution in [-0.4, -0.2) is 30.3 Å². The molecule has 0 fully saturated rings. The molecule has 0 aliphatic carbocycles. The number of hydrogen-bond donors (Lipinski definition) is 1. The van der Waals surface area contributed by atoms with Crippen molar-refractivity contribution in [3.8, 4) is 5.75 Å². The second kappa shape index (κ2) is 5.45. The Morgan fingerprint density at radius 3 is 3.00 bits per heavy atom. The number of methoxy groups -OCH3 is 1. The van der Waals surface area contributed by atoms with Gasteiger partial charge in [-0.05, 0) is 0 Å². The van der Waals surface area contributed by atoms with E-state index < -0.39 is 0 Å². The molecule has 0 saturated carbocycles. The summed E-state index contributed by atoms with van der Waals surface area (Å²) in [6, 6.07) is 0. The lowest BCUT2D eigenvalue weighted by molar-refractivity contribution is 0.145. The maximum Gasteiger partial charge on any atom is 0.160 e. The van der Waals surface area contributed by atoms with Gasteiger partial charge in [-0.2, -0.15) is 0 Å². The third-order valence-electron chi connectivity index (χ3n) is 1.49. The number of ether oxygens (including phenoxy) is 2. The van der Waals surface area contributed by atoms with Crippen molar-refractivity contribution < 1.29 is 9.47 Å². The van der Waals surface area contributed by atoms with Gasteiger partial charge < -0.3 is 15.2 Å². The van der Waals surface area contributed by atoms with Gasteiger partial charge in [0.1, 0.15) is 12.9 Å².